The molecule has 2 aliphatic rings. The fourth-order valence-corrected chi connectivity index (χ4v) is 5.51. The summed E-state index contributed by atoms with van der Waals surface area (Å²) in [5.41, 5.74) is 1.43. The molecule has 0 aliphatic carbocycles. The largest absolute Gasteiger partial charge is 0.334 e. The molecular weight excluding hydrogens is 394 g/mol. The van der Waals surface area contributed by atoms with Crippen LogP contribution in [0.5, 0.6) is 0 Å². The van der Waals surface area contributed by atoms with Crippen LogP contribution in [0.4, 0.5) is 5.69 Å². The standard InChI is InChI=1S/C16H22BrN3O3S/c1-12(21)20-8-4-13-10-14(17)11-15(16(13)20)24(22,23)18-5-9-19-6-2-3-7-19/h10-11,18H,2-9H2,1H3/p+1. The fraction of sp³-hybridized carbons (Fsp3) is 0.562. The van der Waals surface area contributed by atoms with Crippen molar-refractivity contribution in [3.63, 3.8) is 0 Å². The number of sulfonamides is 1. The van der Waals surface area contributed by atoms with E-state index < -0.39 is 10.0 Å². The van der Waals surface area contributed by atoms with Crippen LogP contribution in [0, 0.1) is 0 Å². The van der Waals surface area contributed by atoms with Gasteiger partial charge >= 0.3 is 0 Å². The highest BCUT2D eigenvalue weighted by atomic mass is 79.9. The number of carbonyl (C=O) groups is 1. The predicted molar refractivity (Wildman–Crippen MR) is 95.9 cm³/mol. The molecule has 0 atom stereocenters. The number of nitrogens with one attached hydrogen (secondary N) is 2. The van der Waals surface area contributed by atoms with Crippen molar-refractivity contribution in [1.29, 1.82) is 0 Å². The van der Waals surface area contributed by atoms with E-state index in [4.69, 9.17) is 0 Å². The first kappa shape index (κ1) is 17.8. The molecule has 0 saturated carbocycles. The van der Waals surface area contributed by atoms with Crippen LogP contribution >= 0.6 is 15.9 Å². The fourth-order valence-electron chi connectivity index (χ4n) is 3.55. The van der Waals surface area contributed by atoms with Crippen molar-refractivity contribution in [2.24, 2.45) is 0 Å². The lowest BCUT2D eigenvalue weighted by Crippen LogP contribution is -3.10. The topological polar surface area (TPSA) is 70.9 Å². The van der Waals surface area contributed by atoms with Crippen LogP contribution in [-0.2, 0) is 21.2 Å². The average molecular weight is 417 g/mol. The Morgan fingerprint density at radius 2 is 2.04 bits per heavy atom. The van der Waals surface area contributed by atoms with Gasteiger partial charge in [0.25, 0.3) is 0 Å². The van der Waals surface area contributed by atoms with Crippen LogP contribution in [0.25, 0.3) is 0 Å². The third-order valence-electron chi connectivity index (χ3n) is 4.74. The highest BCUT2D eigenvalue weighted by molar-refractivity contribution is 9.10. The van der Waals surface area contributed by atoms with Gasteiger partial charge < -0.3 is 9.80 Å². The lowest BCUT2D eigenvalue weighted by Gasteiger charge is -2.19. The summed E-state index contributed by atoms with van der Waals surface area (Å²) in [5.74, 6) is -0.131. The lowest BCUT2D eigenvalue weighted by atomic mass is 10.2. The molecule has 8 heteroatoms. The Kier molecular flexibility index (Phi) is 5.29. The van der Waals surface area contributed by atoms with Crippen LogP contribution in [0.15, 0.2) is 21.5 Å². The Morgan fingerprint density at radius 3 is 2.71 bits per heavy atom. The molecule has 2 N–H and O–H groups in total. The second kappa shape index (κ2) is 7.11. The first-order chi connectivity index (χ1) is 11.4. The van der Waals surface area contributed by atoms with Gasteiger partial charge in [-0.1, -0.05) is 15.9 Å². The van der Waals surface area contributed by atoms with E-state index in [1.807, 2.05) is 6.07 Å². The smallest absolute Gasteiger partial charge is 0.242 e. The van der Waals surface area contributed by atoms with Crippen molar-refractivity contribution in [3.05, 3.63) is 22.2 Å². The number of carbonyl (C=O) groups excluding carboxylic acids is 1. The van der Waals surface area contributed by atoms with Crippen molar-refractivity contribution in [3.8, 4) is 0 Å². The van der Waals surface area contributed by atoms with Gasteiger partial charge in [-0.15, -0.1) is 0 Å². The number of nitrogens with zero attached hydrogens (tertiary/aromatic N) is 1. The maximum Gasteiger partial charge on any atom is 0.242 e. The Hall–Kier alpha value is -0.960. The molecule has 0 spiro atoms. The van der Waals surface area contributed by atoms with Crippen molar-refractivity contribution >= 4 is 37.5 Å². The molecule has 1 fully saturated rings. The van der Waals surface area contributed by atoms with Gasteiger partial charge in [-0.3, -0.25) is 4.79 Å². The SMILES string of the molecule is CC(=O)N1CCc2cc(Br)cc(S(=O)(=O)NCC[NH+]3CCCC3)c21. The molecule has 0 radical (unpaired) electrons. The predicted octanol–water partition coefficient (Wildman–Crippen LogP) is 0.315. The number of halogens is 1. The number of amides is 1. The van der Waals surface area contributed by atoms with Gasteiger partial charge in [0.2, 0.25) is 15.9 Å². The first-order valence-corrected chi connectivity index (χ1v) is 10.6. The van der Waals surface area contributed by atoms with E-state index in [9.17, 15) is 13.2 Å². The number of hydrogen-bond donors (Lipinski definition) is 2. The first-order valence-electron chi connectivity index (χ1n) is 8.32. The molecule has 6 nitrogen and oxygen atoms in total. The van der Waals surface area contributed by atoms with Crippen molar-refractivity contribution < 1.29 is 18.1 Å². The quantitative estimate of drug-likeness (QED) is 0.725. The highest BCUT2D eigenvalue weighted by Gasteiger charge is 2.31. The summed E-state index contributed by atoms with van der Waals surface area (Å²) < 4.78 is 29.0. The summed E-state index contributed by atoms with van der Waals surface area (Å²) in [6.07, 6.45) is 3.11. The zero-order chi connectivity index (χ0) is 17.3. The molecular formula is C16H23BrN3O3S+. The Balaban J connectivity index is 1.83. The normalized spacial score (nSPS) is 18.2. The highest BCUT2D eigenvalue weighted by Crippen LogP contribution is 2.37. The van der Waals surface area contributed by atoms with Gasteiger partial charge in [0.15, 0.2) is 0 Å². The summed E-state index contributed by atoms with van der Waals surface area (Å²) in [6.45, 7) is 5.45. The zero-order valence-corrected chi connectivity index (χ0v) is 16.2. The lowest BCUT2D eigenvalue weighted by molar-refractivity contribution is -0.886. The van der Waals surface area contributed by atoms with Gasteiger partial charge in [0, 0.05) is 30.8 Å². The molecule has 2 heterocycles. The molecule has 3 rings (SSSR count). The van der Waals surface area contributed by atoms with Crippen molar-refractivity contribution in [1.82, 2.24) is 4.72 Å². The van der Waals surface area contributed by atoms with Crippen LogP contribution in [-0.4, -0.2) is 47.0 Å². The molecule has 1 amide bonds. The number of likely N-dealkylation sites (tertiary alicyclic amines) is 1. The van der Waals surface area contributed by atoms with Gasteiger partial charge in [-0.2, -0.15) is 0 Å². The van der Waals surface area contributed by atoms with Crippen molar-refractivity contribution in [2.75, 3.05) is 37.6 Å². The number of hydrogen-bond acceptors (Lipinski definition) is 3. The van der Waals surface area contributed by atoms with Crippen LogP contribution in [0.2, 0.25) is 0 Å². The van der Waals surface area contributed by atoms with E-state index in [1.165, 1.54) is 24.7 Å². The molecule has 0 bridgehead atoms. The number of anilines is 1. The summed E-state index contributed by atoms with van der Waals surface area (Å²) in [7, 11) is -3.65. The number of fused-ring (bicyclic) bond motifs is 1. The average Bonchev–Trinajstić information content (AvgIpc) is 3.15. The van der Waals surface area contributed by atoms with E-state index >= 15 is 0 Å². The van der Waals surface area contributed by atoms with Crippen molar-refractivity contribution in [2.45, 2.75) is 31.1 Å². The zero-order valence-electron chi connectivity index (χ0n) is 13.8. The van der Waals surface area contributed by atoms with E-state index in [0.29, 0.717) is 25.2 Å². The summed E-state index contributed by atoms with van der Waals surface area (Å²) in [5, 5.41) is 0. The number of benzene rings is 1. The third-order valence-corrected chi connectivity index (χ3v) is 6.68. The number of quaternary nitrogens is 1. The third kappa shape index (κ3) is 3.66. The molecule has 1 saturated heterocycles. The van der Waals surface area contributed by atoms with Crippen LogP contribution in [0.3, 0.4) is 0 Å². The van der Waals surface area contributed by atoms with Gasteiger partial charge in [0.1, 0.15) is 4.90 Å². The molecule has 24 heavy (non-hydrogen) atoms. The maximum absolute atomic E-state index is 12.8. The van der Waals surface area contributed by atoms with Crippen LogP contribution < -0.4 is 14.5 Å². The van der Waals surface area contributed by atoms with Gasteiger partial charge in [0.05, 0.1) is 31.9 Å². The molecule has 1 aromatic carbocycles. The molecule has 2 aliphatic heterocycles. The molecule has 132 valence electrons. The molecule has 0 unspecified atom stereocenters. The van der Waals surface area contributed by atoms with E-state index in [1.54, 1.807) is 11.0 Å². The van der Waals surface area contributed by atoms with E-state index in [2.05, 4.69) is 20.7 Å². The maximum atomic E-state index is 12.8. The Bertz CT molecular complexity index is 745. The summed E-state index contributed by atoms with van der Waals surface area (Å²) in [6, 6.07) is 3.48. The van der Waals surface area contributed by atoms with Crippen LogP contribution in [0.1, 0.15) is 25.3 Å². The minimum absolute atomic E-state index is 0.131. The Labute approximate surface area is 151 Å². The second-order valence-electron chi connectivity index (χ2n) is 6.44. The summed E-state index contributed by atoms with van der Waals surface area (Å²) in [4.78, 5) is 15.1. The van der Waals surface area contributed by atoms with Gasteiger partial charge in [-0.05, 0) is 24.1 Å². The second-order valence-corrected chi connectivity index (χ2v) is 9.09. The van der Waals surface area contributed by atoms with Gasteiger partial charge in [-0.25, -0.2) is 13.1 Å². The van der Waals surface area contributed by atoms with E-state index in [-0.39, 0.29) is 10.8 Å². The number of rotatable bonds is 5. The monoisotopic (exact) mass is 416 g/mol. The minimum atomic E-state index is -3.65. The minimum Gasteiger partial charge on any atom is -0.334 e. The summed E-state index contributed by atoms with van der Waals surface area (Å²) >= 11 is 3.39. The molecule has 1 aromatic rings. The molecule has 0 aromatic heterocycles. The van der Waals surface area contributed by atoms with E-state index in [0.717, 1.165) is 29.7 Å². The Morgan fingerprint density at radius 1 is 1.33 bits per heavy atom.